The fourth-order valence-corrected chi connectivity index (χ4v) is 1.57. The van der Waals surface area contributed by atoms with Crippen LogP contribution in [0.3, 0.4) is 0 Å². The first-order valence-electron chi connectivity index (χ1n) is 6.15. The van der Waals surface area contributed by atoms with Crippen molar-refractivity contribution < 1.29 is 9.47 Å². The van der Waals surface area contributed by atoms with Crippen LogP contribution >= 0.6 is 0 Å². The van der Waals surface area contributed by atoms with Crippen LogP contribution in [0.5, 0.6) is 11.5 Å². The molecule has 0 amide bonds. The maximum Gasteiger partial charge on any atom is 0.161 e. The van der Waals surface area contributed by atoms with Crippen molar-refractivity contribution in [2.24, 2.45) is 0 Å². The van der Waals surface area contributed by atoms with Gasteiger partial charge in [0.25, 0.3) is 0 Å². The highest BCUT2D eigenvalue weighted by atomic mass is 16.5. The van der Waals surface area contributed by atoms with Crippen molar-refractivity contribution in [3.63, 3.8) is 0 Å². The molecule has 0 bridgehead atoms. The lowest BCUT2D eigenvalue weighted by Crippen LogP contribution is -2.14. The molecule has 0 fully saturated rings. The second kappa shape index (κ2) is 7.62. The molecule has 0 aliphatic rings. The van der Waals surface area contributed by atoms with Gasteiger partial charge in [-0.2, -0.15) is 0 Å². The zero-order chi connectivity index (χ0) is 13.4. The molecule has 1 rings (SSSR count). The summed E-state index contributed by atoms with van der Waals surface area (Å²) >= 11 is 0. The average Bonchev–Trinajstić information content (AvgIpc) is 2.35. The van der Waals surface area contributed by atoms with Gasteiger partial charge in [0, 0.05) is 19.5 Å². The van der Waals surface area contributed by atoms with Crippen molar-refractivity contribution in [1.82, 2.24) is 5.32 Å². The van der Waals surface area contributed by atoms with Gasteiger partial charge in [0.2, 0.25) is 0 Å². The van der Waals surface area contributed by atoms with Crippen molar-refractivity contribution >= 4 is 0 Å². The molecule has 0 aliphatic heterocycles. The van der Waals surface area contributed by atoms with Gasteiger partial charge in [-0.25, -0.2) is 0 Å². The highest BCUT2D eigenvalue weighted by molar-refractivity contribution is 5.43. The Morgan fingerprint density at radius 1 is 1.33 bits per heavy atom. The second-order valence-corrected chi connectivity index (χ2v) is 4.28. The van der Waals surface area contributed by atoms with Gasteiger partial charge in [-0.05, 0) is 31.5 Å². The van der Waals surface area contributed by atoms with Gasteiger partial charge in [0.1, 0.15) is 0 Å². The predicted octanol–water partition coefficient (Wildman–Crippen LogP) is 2.60. The fourth-order valence-electron chi connectivity index (χ4n) is 1.57. The molecule has 0 aliphatic carbocycles. The van der Waals surface area contributed by atoms with Gasteiger partial charge < -0.3 is 14.8 Å². The van der Waals surface area contributed by atoms with Gasteiger partial charge in [-0.1, -0.05) is 6.07 Å². The van der Waals surface area contributed by atoms with E-state index in [0.717, 1.165) is 36.6 Å². The second-order valence-electron chi connectivity index (χ2n) is 4.28. The third kappa shape index (κ3) is 4.68. The Balaban J connectivity index is 2.64. The molecule has 1 N–H and O–H groups in total. The summed E-state index contributed by atoms with van der Waals surface area (Å²) in [7, 11) is 1.65. The number of benzene rings is 1. The van der Waals surface area contributed by atoms with Crippen LogP contribution in [0.25, 0.3) is 0 Å². The molecule has 3 heteroatoms. The van der Waals surface area contributed by atoms with Crippen LogP contribution in [0.1, 0.15) is 25.8 Å². The summed E-state index contributed by atoms with van der Waals surface area (Å²) in [6.07, 6.45) is 6.07. The summed E-state index contributed by atoms with van der Waals surface area (Å²) in [6.45, 7) is 5.59. The van der Waals surface area contributed by atoms with E-state index in [1.807, 2.05) is 32.0 Å². The molecule has 0 atom stereocenters. The summed E-state index contributed by atoms with van der Waals surface area (Å²) in [6, 6.07) is 5.96. The monoisotopic (exact) mass is 247 g/mol. The van der Waals surface area contributed by atoms with Crippen molar-refractivity contribution in [3.05, 3.63) is 23.8 Å². The van der Waals surface area contributed by atoms with E-state index < -0.39 is 0 Å². The van der Waals surface area contributed by atoms with E-state index in [1.54, 1.807) is 7.11 Å². The van der Waals surface area contributed by atoms with Crippen LogP contribution < -0.4 is 14.8 Å². The van der Waals surface area contributed by atoms with Crippen molar-refractivity contribution in [2.45, 2.75) is 32.9 Å². The minimum atomic E-state index is 0.138. The third-order valence-electron chi connectivity index (χ3n) is 2.37. The van der Waals surface area contributed by atoms with E-state index in [2.05, 4.69) is 11.2 Å². The van der Waals surface area contributed by atoms with Crippen molar-refractivity contribution in [3.8, 4) is 23.8 Å². The lowest BCUT2D eigenvalue weighted by molar-refractivity contribution is 0.230. The Hall–Kier alpha value is -1.66. The first-order valence-corrected chi connectivity index (χ1v) is 6.15. The van der Waals surface area contributed by atoms with Crippen LogP contribution in [0.15, 0.2) is 18.2 Å². The Morgan fingerprint density at radius 3 is 2.72 bits per heavy atom. The fraction of sp³-hybridized carbons (Fsp3) is 0.467. The van der Waals surface area contributed by atoms with Gasteiger partial charge in [-0.3, -0.25) is 0 Å². The number of nitrogens with one attached hydrogen (secondary N) is 1. The van der Waals surface area contributed by atoms with Gasteiger partial charge >= 0.3 is 0 Å². The summed E-state index contributed by atoms with van der Waals surface area (Å²) < 4.78 is 11.0. The lowest BCUT2D eigenvalue weighted by atomic mass is 10.2. The van der Waals surface area contributed by atoms with E-state index in [4.69, 9.17) is 15.9 Å². The summed E-state index contributed by atoms with van der Waals surface area (Å²) in [4.78, 5) is 0. The minimum Gasteiger partial charge on any atom is -0.493 e. The highest BCUT2D eigenvalue weighted by Crippen LogP contribution is 2.28. The Morgan fingerprint density at radius 2 is 2.11 bits per heavy atom. The van der Waals surface area contributed by atoms with Gasteiger partial charge in [0.15, 0.2) is 11.5 Å². The van der Waals surface area contributed by atoms with Crippen molar-refractivity contribution in [2.75, 3.05) is 13.7 Å². The van der Waals surface area contributed by atoms with Crippen LogP contribution in [-0.2, 0) is 6.54 Å². The third-order valence-corrected chi connectivity index (χ3v) is 2.37. The normalized spacial score (nSPS) is 10.2. The average molecular weight is 247 g/mol. The lowest BCUT2D eigenvalue weighted by Gasteiger charge is -2.14. The molecular weight excluding hydrogens is 226 g/mol. The molecule has 1 aromatic carbocycles. The molecule has 0 saturated carbocycles. The van der Waals surface area contributed by atoms with Crippen LogP contribution in [0.4, 0.5) is 0 Å². The number of methoxy groups -OCH3 is 1. The SMILES string of the molecule is C#CCCNCc1ccc(OC(C)C)c(OC)c1. The molecule has 98 valence electrons. The maximum atomic E-state index is 5.66. The first kappa shape index (κ1) is 14.4. The Kier molecular flexibility index (Phi) is 6.10. The molecule has 0 radical (unpaired) electrons. The summed E-state index contributed by atoms with van der Waals surface area (Å²) in [5.41, 5.74) is 1.15. The zero-order valence-electron chi connectivity index (χ0n) is 11.3. The molecule has 18 heavy (non-hydrogen) atoms. The molecule has 0 aromatic heterocycles. The number of terminal acetylenes is 1. The van der Waals surface area contributed by atoms with Gasteiger partial charge in [0.05, 0.1) is 13.2 Å². The van der Waals surface area contributed by atoms with E-state index in [1.165, 1.54) is 0 Å². The molecule has 0 saturated heterocycles. The van der Waals surface area contributed by atoms with E-state index >= 15 is 0 Å². The number of rotatable bonds is 7. The number of hydrogen-bond acceptors (Lipinski definition) is 3. The van der Waals surface area contributed by atoms with E-state index in [-0.39, 0.29) is 6.10 Å². The highest BCUT2D eigenvalue weighted by Gasteiger charge is 2.07. The van der Waals surface area contributed by atoms with Crippen LogP contribution in [0, 0.1) is 12.3 Å². The smallest absolute Gasteiger partial charge is 0.161 e. The molecule has 3 nitrogen and oxygen atoms in total. The van der Waals surface area contributed by atoms with Gasteiger partial charge in [-0.15, -0.1) is 12.3 Å². The van der Waals surface area contributed by atoms with E-state index in [0.29, 0.717) is 0 Å². The number of ether oxygens (including phenoxy) is 2. The molecule has 0 spiro atoms. The van der Waals surface area contributed by atoms with Crippen LogP contribution in [0.2, 0.25) is 0 Å². The summed E-state index contributed by atoms with van der Waals surface area (Å²) in [5.74, 6) is 4.14. The summed E-state index contributed by atoms with van der Waals surface area (Å²) in [5, 5.41) is 3.28. The molecular formula is C15H21NO2. The topological polar surface area (TPSA) is 30.5 Å². The van der Waals surface area contributed by atoms with Crippen molar-refractivity contribution in [1.29, 1.82) is 0 Å². The first-order chi connectivity index (χ1) is 8.67. The Labute approximate surface area is 109 Å². The maximum absolute atomic E-state index is 5.66. The van der Waals surface area contributed by atoms with E-state index in [9.17, 15) is 0 Å². The zero-order valence-corrected chi connectivity index (χ0v) is 11.3. The largest absolute Gasteiger partial charge is 0.493 e. The van der Waals surface area contributed by atoms with Crippen LogP contribution in [-0.4, -0.2) is 19.8 Å². The molecule has 0 heterocycles. The minimum absolute atomic E-state index is 0.138. The number of hydrogen-bond donors (Lipinski definition) is 1. The molecule has 1 aromatic rings. The predicted molar refractivity (Wildman–Crippen MR) is 73.9 cm³/mol. The Bertz CT molecular complexity index is 407. The quantitative estimate of drug-likeness (QED) is 0.593. The molecule has 0 unspecified atom stereocenters. The standard InChI is InChI=1S/C15H21NO2/c1-5-6-9-16-11-13-7-8-14(18-12(2)3)15(10-13)17-4/h1,7-8,10,12,16H,6,9,11H2,2-4H3.